The molecule has 0 spiro atoms. The highest BCUT2D eigenvalue weighted by Crippen LogP contribution is 2.52. The van der Waals surface area contributed by atoms with Crippen molar-refractivity contribution < 1.29 is 36.2 Å². The largest absolute Gasteiger partial charge is 0.506 e. The topological polar surface area (TPSA) is 122 Å². The molecule has 1 atom stereocenters. The third kappa shape index (κ3) is 5.70. The molecular formula is C32H27F3N4O5S. The number of hydrogen-bond acceptors (Lipinski definition) is 8. The summed E-state index contributed by atoms with van der Waals surface area (Å²) in [6.45, 7) is 3.36. The number of aromatic hydroxyl groups is 1. The number of rotatable bonds is 5. The van der Waals surface area contributed by atoms with Gasteiger partial charge in [0.1, 0.15) is 41.3 Å². The number of ether oxygens (including phenoxy) is 1. The Morgan fingerprint density at radius 2 is 1.87 bits per heavy atom. The molecule has 1 aromatic heterocycles. The van der Waals surface area contributed by atoms with Gasteiger partial charge in [-0.05, 0) is 53.8 Å². The maximum Gasteiger partial charge on any atom is 0.279 e. The van der Waals surface area contributed by atoms with E-state index in [4.69, 9.17) is 4.74 Å². The van der Waals surface area contributed by atoms with Crippen molar-refractivity contribution in [3.05, 3.63) is 118 Å². The zero-order chi connectivity index (χ0) is 32.1. The smallest absolute Gasteiger partial charge is 0.279 e. The summed E-state index contributed by atoms with van der Waals surface area (Å²) in [5.41, 5.74) is -0.342. The molecule has 3 aromatic carbocycles. The highest BCUT2D eigenvalue weighted by atomic mass is 32.2. The number of aromatic nitrogens is 2. The SMILES string of the molecule is CC1(C)CC2=C(C(c3ccc(OCc4ccc(F)c(F)c4)cc3F)N(C(=O)c3cnccn3)c3cccc(O)c3N2)S(=O)(=O)C1. The van der Waals surface area contributed by atoms with Gasteiger partial charge in [0.05, 0.1) is 22.5 Å². The fourth-order valence-electron chi connectivity index (χ4n) is 5.76. The van der Waals surface area contributed by atoms with Crippen molar-refractivity contribution in [2.75, 3.05) is 16.0 Å². The second kappa shape index (κ2) is 11.2. The lowest BCUT2D eigenvalue weighted by Gasteiger charge is -2.37. The molecule has 3 heterocycles. The third-order valence-corrected chi connectivity index (χ3v) is 9.89. The van der Waals surface area contributed by atoms with Gasteiger partial charge in [0, 0.05) is 29.7 Å². The number of hydrogen-bond donors (Lipinski definition) is 2. The van der Waals surface area contributed by atoms with Crippen LogP contribution >= 0.6 is 0 Å². The number of nitrogens with one attached hydrogen (secondary N) is 1. The van der Waals surface area contributed by atoms with Gasteiger partial charge < -0.3 is 15.2 Å². The van der Waals surface area contributed by atoms with Crippen LogP contribution in [0.4, 0.5) is 24.5 Å². The van der Waals surface area contributed by atoms with Crippen LogP contribution in [0.15, 0.2) is 83.8 Å². The van der Waals surface area contributed by atoms with Crippen molar-refractivity contribution in [1.82, 2.24) is 9.97 Å². The number of anilines is 2. The average molecular weight is 637 g/mol. The Kier molecular flexibility index (Phi) is 7.51. The summed E-state index contributed by atoms with van der Waals surface area (Å²) in [6.07, 6.45) is 4.09. The van der Waals surface area contributed by atoms with Gasteiger partial charge in [-0.3, -0.25) is 14.7 Å². The zero-order valence-electron chi connectivity index (χ0n) is 24.1. The fraction of sp³-hybridized carbons (Fsp3) is 0.219. The summed E-state index contributed by atoms with van der Waals surface area (Å²) in [4.78, 5) is 23.2. The number of sulfone groups is 1. The standard InChI is InChI=1S/C32H27F3N4O5S/c1-32(2)14-24-30(45(42,43)17-32)29(20-8-7-19(13-22(20)34)44-16-18-6-9-21(33)23(35)12-18)39(31(41)25-15-36-10-11-37-25)26-4-3-5-27(40)28(26)38-24/h3-13,15,29,38,40H,14,16-17H2,1-2H3. The molecule has 0 fully saturated rings. The Bertz CT molecular complexity index is 1970. The van der Waals surface area contributed by atoms with Crippen molar-refractivity contribution in [3.8, 4) is 11.5 Å². The zero-order valence-corrected chi connectivity index (χ0v) is 24.9. The molecule has 9 nitrogen and oxygen atoms in total. The Balaban J connectivity index is 1.52. The molecule has 232 valence electrons. The summed E-state index contributed by atoms with van der Waals surface area (Å²) >= 11 is 0. The van der Waals surface area contributed by atoms with Crippen molar-refractivity contribution >= 4 is 27.1 Å². The molecule has 2 aliphatic heterocycles. The second-order valence-corrected chi connectivity index (χ2v) is 13.6. The first-order valence-corrected chi connectivity index (χ1v) is 15.5. The minimum Gasteiger partial charge on any atom is -0.506 e. The number of allylic oxidation sites excluding steroid dienone is 1. The van der Waals surface area contributed by atoms with Gasteiger partial charge in [0.15, 0.2) is 21.5 Å². The lowest BCUT2D eigenvalue weighted by atomic mass is 9.88. The van der Waals surface area contributed by atoms with Crippen LogP contribution in [0.25, 0.3) is 0 Å². The van der Waals surface area contributed by atoms with Crippen molar-refractivity contribution in [3.63, 3.8) is 0 Å². The van der Waals surface area contributed by atoms with Gasteiger partial charge in [0.2, 0.25) is 0 Å². The van der Waals surface area contributed by atoms with E-state index in [1.165, 1.54) is 55.0 Å². The normalized spacial score (nSPS) is 18.3. The molecule has 2 N–H and O–H groups in total. The van der Waals surface area contributed by atoms with E-state index in [1.54, 1.807) is 13.8 Å². The molecule has 13 heteroatoms. The Morgan fingerprint density at radius 1 is 1.07 bits per heavy atom. The predicted molar refractivity (Wildman–Crippen MR) is 160 cm³/mol. The number of nitrogens with zero attached hydrogens (tertiary/aromatic N) is 3. The van der Waals surface area contributed by atoms with Gasteiger partial charge >= 0.3 is 0 Å². The second-order valence-electron chi connectivity index (χ2n) is 11.6. The van der Waals surface area contributed by atoms with E-state index in [-0.39, 0.29) is 63.5 Å². The first-order chi connectivity index (χ1) is 21.3. The van der Waals surface area contributed by atoms with Gasteiger partial charge in [-0.1, -0.05) is 26.0 Å². The summed E-state index contributed by atoms with van der Waals surface area (Å²) in [5, 5.41) is 14.0. The highest BCUT2D eigenvalue weighted by molar-refractivity contribution is 7.95. The number of amides is 1. The maximum atomic E-state index is 16.2. The number of phenolic OH excluding ortho intramolecular Hbond substituents is 1. The average Bonchev–Trinajstić information content (AvgIpc) is 3.12. The van der Waals surface area contributed by atoms with E-state index >= 15 is 4.39 Å². The molecule has 0 radical (unpaired) electrons. The molecule has 0 aliphatic carbocycles. The van der Waals surface area contributed by atoms with Crippen molar-refractivity contribution in [2.45, 2.75) is 32.9 Å². The van der Waals surface area contributed by atoms with Gasteiger partial charge in [-0.25, -0.2) is 26.6 Å². The quantitative estimate of drug-likeness (QED) is 0.254. The van der Waals surface area contributed by atoms with Crippen molar-refractivity contribution in [2.24, 2.45) is 5.41 Å². The Labute approximate surface area is 256 Å². The minimum absolute atomic E-state index is 0.0272. The number of halogens is 3. The highest BCUT2D eigenvalue weighted by Gasteiger charge is 2.48. The van der Waals surface area contributed by atoms with Crippen LogP contribution in [-0.4, -0.2) is 35.2 Å². The van der Waals surface area contributed by atoms with Crippen LogP contribution in [0.3, 0.4) is 0 Å². The fourth-order valence-corrected chi connectivity index (χ4v) is 8.11. The number of benzene rings is 3. The monoisotopic (exact) mass is 636 g/mol. The number of fused-ring (bicyclic) bond motifs is 1. The van der Waals surface area contributed by atoms with Crippen LogP contribution in [0.2, 0.25) is 0 Å². The van der Waals surface area contributed by atoms with Crippen molar-refractivity contribution in [1.29, 1.82) is 0 Å². The molecule has 1 amide bonds. The molecule has 0 saturated carbocycles. The lowest BCUT2D eigenvalue weighted by Crippen LogP contribution is -2.41. The maximum absolute atomic E-state index is 16.2. The van der Waals surface area contributed by atoms with Crippen LogP contribution in [0.1, 0.15) is 47.9 Å². The third-order valence-electron chi connectivity index (χ3n) is 7.59. The molecule has 4 aromatic rings. The first kappa shape index (κ1) is 30.1. The van der Waals surface area contributed by atoms with E-state index < -0.39 is 44.7 Å². The Morgan fingerprint density at radius 3 is 2.58 bits per heavy atom. The minimum atomic E-state index is -4.13. The molecule has 0 bridgehead atoms. The number of carbonyl (C=O) groups excluding carboxylic acids is 1. The van der Waals surface area contributed by atoms with E-state index in [0.29, 0.717) is 5.56 Å². The van der Waals surface area contributed by atoms with Gasteiger partial charge in [-0.15, -0.1) is 0 Å². The molecule has 0 saturated heterocycles. The van der Waals surface area contributed by atoms with E-state index in [9.17, 15) is 27.1 Å². The molecule has 6 rings (SSSR count). The van der Waals surface area contributed by atoms with E-state index in [0.717, 1.165) is 23.1 Å². The molecule has 45 heavy (non-hydrogen) atoms. The van der Waals surface area contributed by atoms with Gasteiger partial charge in [0.25, 0.3) is 5.91 Å². The lowest BCUT2D eigenvalue weighted by molar-refractivity contribution is 0.0975. The first-order valence-electron chi connectivity index (χ1n) is 13.9. The summed E-state index contributed by atoms with van der Waals surface area (Å²) in [6, 6.07) is 9.84. The molecule has 1 unspecified atom stereocenters. The molecule has 2 aliphatic rings. The van der Waals surface area contributed by atoms with Gasteiger partial charge in [-0.2, -0.15) is 0 Å². The number of carbonyl (C=O) groups is 1. The van der Waals surface area contributed by atoms with Crippen LogP contribution in [0.5, 0.6) is 11.5 Å². The number of phenols is 1. The van der Waals surface area contributed by atoms with E-state index in [2.05, 4.69) is 15.3 Å². The van der Waals surface area contributed by atoms with Crippen LogP contribution < -0.4 is 15.0 Å². The Hall–Kier alpha value is -4.91. The van der Waals surface area contributed by atoms with Crippen LogP contribution in [0, 0.1) is 22.9 Å². The summed E-state index contributed by atoms with van der Waals surface area (Å²) < 4.78 is 77.0. The summed E-state index contributed by atoms with van der Waals surface area (Å²) in [7, 11) is -4.13. The van der Waals surface area contributed by atoms with Crippen LogP contribution in [-0.2, 0) is 16.4 Å². The van der Waals surface area contributed by atoms with E-state index in [1.807, 2.05) is 0 Å². The number of para-hydroxylation sites is 1. The summed E-state index contributed by atoms with van der Waals surface area (Å²) in [5.74, 6) is -4.25. The predicted octanol–water partition coefficient (Wildman–Crippen LogP) is 6.05. The molecular weight excluding hydrogens is 609 g/mol.